The number of aromatic nitrogens is 1. The third-order valence-electron chi connectivity index (χ3n) is 4.74. The Hall–Kier alpha value is -2.68. The van der Waals surface area contributed by atoms with E-state index in [1.54, 1.807) is 6.08 Å². The van der Waals surface area contributed by atoms with Gasteiger partial charge in [0, 0.05) is 24.9 Å². The summed E-state index contributed by atoms with van der Waals surface area (Å²) in [5.41, 5.74) is 2.53. The lowest BCUT2D eigenvalue weighted by atomic mass is 10.2. The van der Waals surface area contributed by atoms with Gasteiger partial charge in [-0.3, -0.25) is 9.59 Å². The first-order chi connectivity index (χ1) is 15.2. The molecule has 2 heterocycles. The molecule has 1 fully saturated rings. The van der Waals surface area contributed by atoms with Crippen LogP contribution in [0, 0.1) is 0 Å². The number of thioether (sulfide) groups is 1. The molecule has 2 N–H and O–H groups in total. The maximum Gasteiger partial charge on any atom is 0.248 e. The van der Waals surface area contributed by atoms with Gasteiger partial charge in [0.25, 0.3) is 0 Å². The van der Waals surface area contributed by atoms with Crippen LogP contribution in [-0.2, 0) is 14.3 Å². The maximum atomic E-state index is 12.2. The number of nitrogens with zero attached hydrogens (tertiary/aromatic N) is 1. The first kappa shape index (κ1) is 21.5. The molecule has 3 aromatic rings. The highest BCUT2D eigenvalue weighted by Crippen LogP contribution is 2.31. The predicted molar refractivity (Wildman–Crippen MR) is 126 cm³/mol. The fourth-order valence-corrected chi connectivity index (χ4v) is 5.11. The van der Waals surface area contributed by atoms with Crippen LogP contribution in [0.3, 0.4) is 0 Å². The number of carbonyl (C=O) groups excluding carboxylic acids is 2. The summed E-state index contributed by atoms with van der Waals surface area (Å²) in [6.07, 6.45) is 5.51. The summed E-state index contributed by atoms with van der Waals surface area (Å²) in [6.45, 7) is 1.35. The third kappa shape index (κ3) is 6.40. The number of fused-ring (bicyclic) bond motifs is 1. The average molecular weight is 454 g/mol. The zero-order valence-corrected chi connectivity index (χ0v) is 18.5. The smallest absolute Gasteiger partial charge is 0.248 e. The molecule has 31 heavy (non-hydrogen) atoms. The van der Waals surface area contributed by atoms with Crippen LogP contribution in [0.15, 0.2) is 58.9 Å². The van der Waals surface area contributed by atoms with Gasteiger partial charge in [0.2, 0.25) is 11.8 Å². The minimum Gasteiger partial charge on any atom is -0.376 e. The van der Waals surface area contributed by atoms with Crippen LogP contribution in [0.4, 0.5) is 5.69 Å². The highest BCUT2D eigenvalue weighted by Gasteiger charge is 2.16. The largest absolute Gasteiger partial charge is 0.376 e. The summed E-state index contributed by atoms with van der Waals surface area (Å²) in [7, 11) is 0. The van der Waals surface area contributed by atoms with Gasteiger partial charge >= 0.3 is 0 Å². The number of thiazole rings is 1. The predicted octanol–water partition coefficient (Wildman–Crippen LogP) is 4.34. The van der Waals surface area contributed by atoms with Crippen molar-refractivity contribution in [2.75, 3.05) is 24.2 Å². The number of ether oxygens (including phenoxy) is 1. The summed E-state index contributed by atoms with van der Waals surface area (Å²) >= 11 is 2.93. The van der Waals surface area contributed by atoms with Crippen LogP contribution in [0.1, 0.15) is 18.4 Å². The Kier molecular flexibility index (Phi) is 7.35. The minimum absolute atomic E-state index is 0.0158. The van der Waals surface area contributed by atoms with Crippen molar-refractivity contribution in [3.05, 3.63) is 60.2 Å². The second kappa shape index (κ2) is 10.6. The number of benzene rings is 2. The van der Waals surface area contributed by atoms with Gasteiger partial charge in [0.15, 0.2) is 4.34 Å². The molecule has 1 aliphatic heterocycles. The van der Waals surface area contributed by atoms with E-state index < -0.39 is 0 Å². The van der Waals surface area contributed by atoms with Gasteiger partial charge in [-0.25, -0.2) is 4.98 Å². The number of anilines is 1. The van der Waals surface area contributed by atoms with Crippen LogP contribution in [0.2, 0.25) is 0 Å². The Morgan fingerprint density at radius 1 is 1.23 bits per heavy atom. The number of hydrogen-bond donors (Lipinski definition) is 2. The molecule has 1 aliphatic rings. The van der Waals surface area contributed by atoms with Gasteiger partial charge in [-0.05, 0) is 42.7 Å². The Balaban J connectivity index is 1.29. The van der Waals surface area contributed by atoms with E-state index in [1.165, 1.54) is 29.2 Å². The lowest BCUT2D eigenvalue weighted by Crippen LogP contribution is -2.32. The van der Waals surface area contributed by atoms with E-state index in [-0.39, 0.29) is 17.9 Å². The molecule has 0 saturated carbocycles. The van der Waals surface area contributed by atoms with Crippen LogP contribution in [0.25, 0.3) is 16.3 Å². The van der Waals surface area contributed by atoms with Crippen LogP contribution in [0.5, 0.6) is 0 Å². The molecule has 2 aromatic carbocycles. The molecule has 0 spiro atoms. The third-order valence-corrected chi connectivity index (χ3v) is 6.90. The number of rotatable bonds is 8. The Morgan fingerprint density at radius 2 is 2.10 bits per heavy atom. The van der Waals surface area contributed by atoms with Crippen molar-refractivity contribution < 1.29 is 14.3 Å². The quantitative estimate of drug-likeness (QED) is 0.392. The van der Waals surface area contributed by atoms with Crippen molar-refractivity contribution in [2.45, 2.75) is 23.3 Å². The van der Waals surface area contributed by atoms with E-state index >= 15 is 0 Å². The second-order valence-electron chi connectivity index (χ2n) is 7.12. The molecule has 4 rings (SSSR count). The van der Waals surface area contributed by atoms with E-state index in [2.05, 4.69) is 15.6 Å². The highest BCUT2D eigenvalue weighted by atomic mass is 32.2. The number of carbonyl (C=O) groups is 2. The standard InChI is InChI=1S/C23H23N3O3S2/c27-21(11-8-16-5-2-1-3-6-16)25-17-9-10-19-20(13-17)31-23(26-19)30-15-22(28)24-14-18-7-4-12-29-18/h1-3,5-6,8-11,13,18H,4,7,12,14-15H2,(H,24,28)(H,25,27)/b11-8+/t18-/m0/s1. The Bertz CT molecular complexity index is 1080. The molecule has 160 valence electrons. The fraction of sp³-hybridized carbons (Fsp3) is 0.261. The van der Waals surface area contributed by atoms with Crippen molar-refractivity contribution in [1.82, 2.24) is 10.3 Å². The first-order valence-electron chi connectivity index (χ1n) is 10.1. The molecular weight excluding hydrogens is 430 g/mol. The monoisotopic (exact) mass is 453 g/mol. The lowest BCUT2D eigenvalue weighted by Gasteiger charge is -2.09. The molecule has 0 bridgehead atoms. The molecule has 6 nitrogen and oxygen atoms in total. The fourth-order valence-electron chi connectivity index (χ4n) is 3.17. The minimum atomic E-state index is -0.190. The summed E-state index contributed by atoms with van der Waals surface area (Å²) in [5.74, 6) is 0.114. The van der Waals surface area contributed by atoms with E-state index in [0.717, 1.165) is 39.6 Å². The highest BCUT2D eigenvalue weighted by molar-refractivity contribution is 8.01. The van der Waals surface area contributed by atoms with Gasteiger partial charge < -0.3 is 15.4 Å². The molecule has 1 saturated heterocycles. The summed E-state index contributed by atoms with van der Waals surface area (Å²) in [5, 5.41) is 5.80. The zero-order valence-electron chi connectivity index (χ0n) is 16.9. The van der Waals surface area contributed by atoms with Crippen LogP contribution >= 0.6 is 23.1 Å². The van der Waals surface area contributed by atoms with E-state index in [1.807, 2.05) is 48.5 Å². The van der Waals surface area contributed by atoms with E-state index in [0.29, 0.717) is 18.0 Å². The molecular formula is C23H23N3O3S2. The lowest BCUT2D eigenvalue weighted by molar-refractivity contribution is -0.119. The van der Waals surface area contributed by atoms with Crippen molar-refractivity contribution in [3.8, 4) is 0 Å². The topological polar surface area (TPSA) is 80.3 Å². The summed E-state index contributed by atoms with van der Waals surface area (Å²) in [4.78, 5) is 28.8. The molecule has 1 atom stereocenters. The Morgan fingerprint density at radius 3 is 2.90 bits per heavy atom. The maximum absolute atomic E-state index is 12.2. The van der Waals surface area contributed by atoms with Gasteiger partial charge in [0.05, 0.1) is 22.1 Å². The van der Waals surface area contributed by atoms with Gasteiger partial charge in [-0.1, -0.05) is 42.1 Å². The second-order valence-corrected chi connectivity index (χ2v) is 9.38. The van der Waals surface area contributed by atoms with Gasteiger partial charge in [0.1, 0.15) is 0 Å². The number of hydrogen-bond acceptors (Lipinski definition) is 6. The SMILES string of the molecule is O=C(/C=C/c1ccccc1)Nc1ccc2nc(SCC(=O)NC[C@@H]3CCCO3)sc2c1. The average Bonchev–Trinajstić information content (AvgIpc) is 3.45. The zero-order chi connectivity index (χ0) is 21.5. The Labute approximate surface area is 189 Å². The van der Waals surface area contributed by atoms with Crippen LogP contribution < -0.4 is 10.6 Å². The molecule has 8 heteroatoms. The van der Waals surface area contributed by atoms with Crippen molar-refractivity contribution in [3.63, 3.8) is 0 Å². The normalized spacial score (nSPS) is 16.1. The molecule has 0 unspecified atom stereocenters. The molecule has 2 amide bonds. The summed E-state index contributed by atoms with van der Waals surface area (Å²) < 4.78 is 7.31. The molecule has 1 aromatic heterocycles. The van der Waals surface area contributed by atoms with E-state index in [9.17, 15) is 9.59 Å². The van der Waals surface area contributed by atoms with Crippen molar-refractivity contribution in [1.29, 1.82) is 0 Å². The molecule has 0 radical (unpaired) electrons. The number of amides is 2. The van der Waals surface area contributed by atoms with Crippen molar-refractivity contribution in [2.24, 2.45) is 0 Å². The number of nitrogens with one attached hydrogen (secondary N) is 2. The van der Waals surface area contributed by atoms with E-state index in [4.69, 9.17) is 4.74 Å². The molecule has 0 aliphatic carbocycles. The first-order valence-corrected chi connectivity index (χ1v) is 11.9. The summed E-state index contributed by atoms with van der Waals surface area (Å²) in [6, 6.07) is 15.3. The van der Waals surface area contributed by atoms with Crippen LogP contribution in [-0.4, -0.2) is 41.8 Å². The van der Waals surface area contributed by atoms with Gasteiger partial charge in [-0.15, -0.1) is 11.3 Å². The van der Waals surface area contributed by atoms with Gasteiger partial charge in [-0.2, -0.15) is 0 Å². The van der Waals surface area contributed by atoms with Crippen molar-refractivity contribution >= 4 is 56.9 Å².